The average Bonchev–Trinajstić information content (AvgIpc) is 3.16. The van der Waals surface area contributed by atoms with Gasteiger partial charge in [-0.2, -0.15) is 0 Å². The molecule has 0 radical (unpaired) electrons. The van der Waals surface area contributed by atoms with Gasteiger partial charge in [0.2, 0.25) is 10.0 Å². The summed E-state index contributed by atoms with van der Waals surface area (Å²) < 4.78 is 43.2. The number of hydrogen-bond donors (Lipinski definition) is 1. The summed E-state index contributed by atoms with van der Waals surface area (Å²) in [6.07, 6.45) is 4.95. The lowest BCUT2D eigenvalue weighted by Crippen LogP contribution is -2.24. The van der Waals surface area contributed by atoms with E-state index in [9.17, 15) is 18.0 Å². The molecule has 1 N–H and O–H groups in total. The second-order valence-corrected chi connectivity index (χ2v) is 10.3. The van der Waals surface area contributed by atoms with E-state index in [1.807, 2.05) is 0 Å². The van der Waals surface area contributed by atoms with Gasteiger partial charge in [0.1, 0.15) is 17.2 Å². The minimum atomic E-state index is -3.13. The molecule has 0 unspecified atom stereocenters. The second kappa shape index (κ2) is 11.5. The fraction of sp³-hybridized carbons (Fsp3) is 0.526. The van der Waals surface area contributed by atoms with Crippen LogP contribution < -0.4 is 0 Å². The molecule has 0 aliphatic carbocycles. The van der Waals surface area contributed by atoms with Crippen LogP contribution in [0.2, 0.25) is 0 Å². The Balaban J connectivity index is 1.82. The Morgan fingerprint density at radius 2 is 1.90 bits per heavy atom. The summed E-state index contributed by atoms with van der Waals surface area (Å²) in [7, 11) is -0.0546. The van der Waals surface area contributed by atoms with E-state index in [-0.39, 0.29) is 18.0 Å². The van der Waals surface area contributed by atoms with Gasteiger partial charge in [-0.1, -0.05) is 35.6 Å². The summed E-state index contributed by atoms with van der Waals surface area (Å²) in [6, 6.07) is 4.55. The van der Waals surface area contributed by atoms with E-state index in [4.69, 9.17) is 4.63 Å². The molecule has 8 nitrogen and oxygen atoms in total. The molecule has 0 atom stereocenters. The molecule has 2 rings (SSSR count). The molecule has 0 amide bonds. The predicted octanol–water partition coefficient (Wildman–Crippen LogP) is 3.78. The van der Waals surface area contributed by atoms with Gasteiger partial charge in [0.05, 0.1) is 10.2 Å². The van der Waals surface area contributed by atoms with E-state index < -0.39 is 10.0 Å². The van der Waals surface area contributed by atoms with Crippen LogP contribution in [0.1, 0.15) is 49.1 Å². The lowest BCUT2D eigenvalue weighted by molar-refractivity contribution is 0.300. The molecule has 0 aliphatic rings. The molecule has 2 aromatic rings. The molecule has 0 spiro atoms. The van der Waals surface area contributed by atoms with Crippen LogP contribution in [0.25, 0.3) is 0 Å². The predicted molar refractivity (Wildman–Crippen MR) is 115 cm³/mol. The topological polar surface area (TPSA) is 109 Å². The maximum Gasteiger partial charge on any atom is 0.213 e. The van der Waals surface area contributed by atoms with Crippen LogP contribution in [0, 0.1) is 5.82 Å². The average molecular weight is 505 g/mol. The van der Waals surface area contributed by atoms with Crippen molar-refractivity contribution in [2.75, 3.05) is 19.8 Å². The van der Waals surface area contributed by atoms with Gasteiger partial charge >= 0.3 is 0 Å². The van der Waals surface area contributed by atoms with Crippen molar-refractivity contribution in [2.24, 2.45) is 5.16 Å². The number of halogens is 2. The smallest absolute Gasteiger partial charge is 0.213 e. The number of sulfonamides is 1. The van der Waals surface area contributed by atoms with Crippen LogP contribution in [0.4, 0.5) is 4.39 Å². The second-order valence-electron chi connectivity index (χ2n) is 7.15. The summed E-state index contributed by atoms with van der Waals surface area (Å²) >= 11 is 3.14. The summed E-state index contributed by atoms with van der Waals surface area (Å²) in [5.74, 6) is -0.211. The lowest BCUT2D eigenvalue weighted by atomic mass is 10.0. The fourth-order valence-corrected chi connectivity index (χ4v) is 4.25. The summed E-state index contributed by atoms with van der Waals surface area (Å²) in [5, 5.41) is 20.5. The monoisotopic (exact) mass is 504 g/mol. The van der Waals surface area contributed by atoms with Gasteiger partial charge in [-0.3, -0.25) is 0 Å². The highest BCUT2D eigenvalue weighted by Gasteiger charge is 2.18. The van der Waals surface area contributed by atoms with Crippen LogP contribution in [0.3, 0.4) is 0 Å². The minimum absolute atomic E-state index is 0.160. The Hall–Kier alpha value is -1.85. The van der Waals surface area contributed by atoms with Crippen LogP contribution >= 0.6 is 15.9 Å². The van der Waals surface area contributed by atoms with Crippen molar-refractivity contribution in [2.45, 2.75) is 44.9 Å². The van der Waals surface area contributed by atoms with Crippen molar-refractivity contribution in [3.8, 4) is 0 Å². The molecule has 0 saturated heterocycles. The third-order valence-electron chi connectivity index (χ3n) is 4.68. The van der Waals surface area contributed by atoms with E-state index in [0.29, 0.717) is 34.4 Å². The highest BCUT2D eigenvalue weighted by atomic mass is 79.9. The third kappa shape index (κ3) is 7.13. The highest BCUT2D eigenvalue weighted by molar-refractivity contribution is 9.10. The molecule has 0 fully saturated rings. The molecule has 0 bridgehead atoms. The first-order chi connectivity index (χ1) is 14.2. The van der Waals surface area contributed by atoms with Gasteiger partial charge in [-0.05, 0) is 58.0 Å². The first-order valence-electron chi connectivity index (χ1n) is 9.61. The van der Waals surface area contributed by atoms with E-state index >= 15 is 0 Å². The lowest BCUT2D eigenvalue weighted by Gasteiger charge is -2.10. The SMILES string of the molecule is CN(C)S(=O)(=O)CCCCCCCc1nonc1/C(Cc1ccc(F)c(Br)c1)=N/O. The van der Waals surface area contributed by atoms with Crippen molar-refractivity contribution >= 4 is 31.7 Å². The molecular weight excluding hydrogens is 479 g/mol. The van der Waals surface area contributed by atoms with Crippen molar-refractivity contribution in [1.29, 1.82) is 0 Å². The number of oxime groups is 1. The Morgan fingerprint density at radius 1 is 1.20 bits per heavy atom. The number of aromatic nitrogens is 2. The fourth-order valence-electron chi connectivity index (χ4n) is 2.89. The number of hydrogen-bond acceptors (Lipinski definition) is 7. The van der Waals surface area contributed by atoms with Crippen LogP contribution in [0.5, 0.6) is 0 Å². The maximum absolute atomic E-state index is 13.4. The summed E-state index contributed by atoms with van der Waals surface area (Å²) in [4.78, 5) is 0. The van der Waals surface area contributed by atoms with E-state index in [1.54, 1.807) is 12.1 Å². The normalized spacial score (nSPS) is 12.6. The van der Waals surface area contributed by atoms with E-state index in [2.05, 4.69) is 31.4 Å². The van der Waals surface area contributed by atoms with E-state index in [0.717, 1.165) is 31.2 Å². The number of rotatable bonds is 12. The van der Waals surface area contributed by atoms with Crippen LogP contribution in [0.15, 0.2) is 32.5 Å². The molecule has 1 aromatic heterocycles. The minimum Gasteiger partial charge on any atom is -0.411 e. The molecule has 30 heavy (non-hydrogen) atoms. The van der Waals surface area contributed by atoms with Crippen LogP contribution in [-0.4, -0.2) is 53.8 Å². The molecule has 166 valence electrons. The molecule has 0 aliphatic heterocycles. The zero-order valence-electron chi connectivity index (χ0n) is 17.0. The first-order valence-corrected chi connectivity index (χ1v) is 12.0. The Kier molecular flexibility index (Phi) is 9.37. The standard InChI is InChI=1S/C19H26BrFN4O4S/c1-25(2)30(27,28)11-7-5-3-4-6-8-17-19(24-29-23-17)18(22-26)13-14-9-10-16(21)15(20)12-14/h9-10,12,26H,3-8,11,13H2,1-2H3/b22-18+. The van der Waals surface area contributed by atoms with Crippen molar-refractivity contribution < 1.29 is 22.6 Å². The Bertz CT molecular complexity index is 963. The molecule has 1 aromatic carbocycles. The van der Waals surface area contributed by atoms with E-state index in [1.165, 1.54) is 24.5 Å². The van der Waals surface area contributed by atoms with Gasteiger partial charge in [-0.15, -0.1) is 0 Å². The maximum atomic E-state index is 13.4. The highest BCUT2D eigenvalue weighted by Crippen LogP contribution is 2.19. The number of benzene rings is 1. The van der Waals surface area contributed by atoms with Crippen molar-refractivity contribution in [3.05, 3.63) is 45.4 Å². The molecule has 0 saturated carbocycles. The van der Waals surface area contributed by atoms with Crippen LogP contribution in [-0.2, 0) is 22.9 Å². The van der Waals surface area contributed by atoms with Gasteiger partial charge in [0, 0.05) is 20.5 Å². The Labute approximate surface area is 184 Å². The molecule has 1 heterocycles. The Morgan fingerprint density at radius 3 is 2.57 bits per heavy atom. The van der Waals surface area contributed by atoms with Gasteiger partial charge in [0.15, 0.2) is 5.69 Å². The zero-order valence-corrected chi connectivity index (χ0v) is 19.4. The molecular formula is C19H26BrFN4O4S. The zero-order chi connectivity index (χ0) is 22.1. The van der Waals surface area contributed by atoms with Gasteiger partial charge in [0.25, 0.3) is 0 Å². The number of aryl methyl sites for hydroxylation is 1. The quantitative estimate of drug-likeness (QED) is 0.204. The van der Waals surface area contributed by atoms with Crippen molar-refractivity contribution in [1.82, 2.24) is 14.6 Å². The first kappa shape index (κ1) is 24.4. The van der Waals surface area contributed by atoms with Gasteiger partial charge < -0.3 is 5.21 Å². The van der Waals surface area contributed by atoms with Gasteiger partial charge in [-0.25, -0.2) is 21.7 Å². The number of nitrogens with zero attached hydrogens (tertiary/aromatic N) is 4. The number of unbranched alkanes of at least 4 members (excludes halogenated alkanes) is 4. The molecule has 11 heteroatoms. The van der Waals surface area contributed by atoms with Crippen molar-refractivity contribution in [3.63, 3.8) is 0 Å². The summed E-state index contributed by atoms with van der Waals surface area (Å²) in [5.41, 5.74) is 2.02. The largest absolute Gasteiger partial charge is 0.411 e. The third-order valence-corrected chi connectivity index (χ3v) is 7.20. The summed E-state index contributed by atoms with van der Waals surface area (Å²) in [6.45, 7) is 0.